The number of carbonyl (C=O) groups excluding carboxylic acids is 1. The lowest BCUT2D eigenvalue weighted by Crippen LogP contribution is -2.44. The molecule has 1 N–H and O–H groups in total. The van der Waals surface area contributed by atoms with Gasteiger partial charge >= 0.3 is 0 Å². The molecule has 0 bridgehead atoms. The zero-order valence-corrected chi connectivity index (χ0v) is 14.3. The minimum Gasteiger partial charge on any atom is -0.384 e. The van der Waals surface area contributed by atoms with E-state index in [9.17, 15) is 4.79 Å². The van der Waals surface area contributed by atoms with Gasteiger partial charge in [-0.3, -0.25) is 4.79 Å². The van der Waals surface area contributed by atoms with Gasteiger partial charge in [-0.05, 0) is 18.9 Å². The number of methoxy groups -OCH3 is 1. The Kier molecular flexibility index (Phi) is 5.65. The average Bonchev–Trinajstić information content (AvgIpc) is 3.10. The monoisotopic (exact) mass is 348 g/mol. The molecule has 128 valence electrons. The summed E-state index contributed by atoms with van der Waals surface area (Å²) in [4.78, 5) is 26.7. The molecule has 3 rings (SSSR count). The van der Waals surface area contributed by atoms with Crippen LogP contribution in [0.25, 0.3) is 0 Å². The predicted molar refractivity (Wildman–Crippen MR) is 90.2 cm³/mol. The van der Waals surface area contributed by atoms with Crippen LogP contribution >= 0.6 is 11.5 Å². The van der Waals surface area contributed by atoms with Crippen LogP contribution in [0.3, 0.4) is 0 Å². The van der Waals surface area contributed by atoms with Crippen LogP contribution < -0.4 is 10.2 Å². The first-order chi connectivity index (χ1) is 11.8. The van der Waals surface area contributed by atoms with Gasteiger partial charge in [0.2, 0.25) is 5.13 Å². The topological polar surface area (TPSA) is 93.1 Å². The SMILES string of the molecule is COCCc1nsc(N2CCC(NC(=O)c3ccncn3)CC2)n1. The van der Waals surface area contributed by atoms with E-state index in [2.05, 4.69) is 29.5 Å². The molecule has 9 heteroatoms. The normalized spacial score (nSPS) is 15.5. The van der Waals surface area contributed by atoms with Gasteiger partial charge in [0.15, 0.2) is 0 Å². The fourth-order valence-corrected chi connectivity index (χ4v) is 3.33. The molecule has 8 nitrogen and oxygen atoms in total. The standard InChI is InChI=1S/C15H20N6O2S/c1-23-9-5-13-19-15(24-20-13)21-7-3-11(4-8-21)18-14(22)12-2-6-16-10-17-12/h2,6,10-11H,3-5,7-9H2,1H3,(H,18,22). The molecule has 1 aliphatic rings. The molecular weight excluding hydrogens is 328 g/mol. The van der Waals surface area contributed by atoms with Gasteiger partial charge in [0.1, 0.15) is 17.8 Å². The summed E-state index contributed by atoms with van der Waals surface area (Å²) < 4.78 is 9.41. The number of aromatic nitrogens is 4. The molecule has 0 aliphatic carbocycles. The molecule has 0 spiro atoms. The number of hydrogen-bond acceptors (Lipinski definition) is 8. The van der Waals surface area contributed by atoms with Crippen molar-refractivity contribution < 1.29 is 9.53 Å². The van der Waals surface area contributed by atoms with Gasteiger partial charge in [0, 0.05) is 50.4 Å². The molecule has 1 aliphatic heterocycles. The quantitative estimate of drug-likeness (QED) is 0.829. The highest BCUT2D eigenvalue weighted by Crippen LogP contribution is 2.22. The third kappa shape index (κ3) is 4.24. The van der Waals surface area contributed by atoms with E-state index >= 15 is 0 Å². The van der Waals surface area contributed by atoms with Gasteiger partial charge in [-0.25, -0.2) is 15.0 Å². The lowest BCUT2D eigenvalue weighted by molar-refractivity contribution is 0.0926. The van der Waals surface area contributed by atoms with Gasteiger partial charge < -0.3 is 15.0 Å². The molecule has 1 amide bonds. The zero-order chi connectivity index (χ0) is 16.8. The molecule has 1 fully saturated rings. The zero-order valence-electron chi connectivity index (χ0n) is 13.5. The van der Waals surface area contributed by atoms with Crippen LogP contribution in [0.5, 0.6) is 0 Å². The van der Waals surface area contributed by atoms with Crippen molar-refractivity contribution in [2.45, 2.75) is 25.3 Å². The first-order valence-corrected chi connectivity index (χ1v) is 8.67. The van der Waals surface area contributed by atoms with Gasteiger partial charge in [-0.2, -0.15) is 4.37 Å². The second-order valence-corrected chi connectivity index (χ2v) is 6.30. The Bertz CT molecular complexity index is 657. The molecule has 0 unspecified atom stereocenters. The van der Waals surface area contributed by atoms with Crippen molar-refractivity contribution in [1.82, 2.24) is 24.6 Å². The van der Waals surface area contributed by atoms with Gasteiger partial charge in [-0.15, -0.1) is 0 Å². The maximum Gasteiger partial charge on any atom is 0.270 e. The number of anilines is 1. The fourth-order valence-electron chi connectivity index (χ4n) is 2.57. The van der Waals surface area contributed by atoms with E-state index in [0.717, 1.165) is 43.3 Å². The summed E-state index contributed by atoms with van der Waals surface area (Å²) in [5.74, 6) is 0.685. The highest BCUT2D eigenvalue weighted by atomic mass is 32.1. The van der Waals surface area contributed by atoms with Crippen molar-refractivity contribution in [3.8, 4) is 0 Å². The number of piperidine rings is 1. The maximum atomic E-state index is 12.1. The van der Waals surface area contributed by atoms with Crippen molar-refractivity contribution in [3.63, 3.8) is 0 Å². The minimum atomic E-state index is -0.145. The fraction of sp³-hybridized carbons (Fsp3) is 0.533. The smallest absolute Gasteiger partial charge is 0.270 e. The number of nitrogens with one attached hydrogen (secondary N) is 1. The molecule has 2 aromatic heterocycles. The van der Waals surface area contributed by atoms with E-state index in [1.807, 2.05) is 0 Å². The molecule has 3 heterocycles. The lowest BCUT2D eigenvalue weighted by Gasteiger charge is -2.31. The Morgan fingerprint density at radius 2 is 2.29 bits per heavy atom. The van der Waals surface area contributed by atoms with Crippen LogP contribution in [0.2, 0.25) is 0 Å². The van der Waals surface area contributed by atoms with Crippen LogP contribution in [-0.4, -0.2) is 58.1 Å². The van der Waals surface area contributed by atoms with E-state index in [0.29, 0.717) is 12.3 Å². The summed E-state index contributed by atoms with van der Waals surface area (Å²) in [6.07, 6.45) is 5.45. The van der Waals surface area contributed by atoms with E-state index in [1.54, 1.807) is 19.4 Å². The van der Waals surface area contributed by atoms with E-state index in [1.165, 1.54) is 17.9 Å². The minimum absolute atomic E-state index is 0.145. The van der Waals surface area contributed by atoms with E-state index < -0.39 is 0 Å². The molecular formula is C15H20N6O2S. The molecule has 0 aromatic carbocycles. The first kappa shape index (κ1) is 16.7. The molecule has 1 saturated heterocycles. The molecule has 24 heavy (non-hydrogen) atoms. The summed E-state index contributed by atoms with van der Waals surface area (Å²) in [5.41, 5.74) is 0.402. The third-order valence-corrected chi connectivity index (χ3v) is 4.72. The number of ether oxygens (including phenoxy) is 1. The molecule has 2 aromatic rings. The third-order valence-electron chi connectivity index (χ3n) is 3.90. The van der Waals surface area contributed by atoms with Crippen LogP contribution in [0.15, 0.2) is 18.6 Å². The predicted octanol–water partition coefficient (Wildman–Crippen LogP) is 0.916. The van der Waals surface area contributed by atoms with Gasteiger partial charge in [-0.1, -0.05) is 0 Å². The van der Waals surface area contributed by atoms with Crippen LogP contribution in [0, 0.1) is 0 Å². The number of rotatable bonds is 6. The number of hydrogen-bond donors (Lipinski definition) is 1. The summed E-state index contributed by atoms with van der Waals surface area (Å²) in [7, 11) is 1.67. The first-order valence-electron chi connectivity index (χ1n) is 7.89. The van der Waals surface area contributed by atoms with Crippen molar-refractivity contribution in [2.24, 2.45) is 0 Å². The second-order valence-electron chi connectivity index (χ2n) is 5.57. The van der Waals surface area contributed by atoms with Crippen molar-refractivity contribution in [3.05, 3.63) is 30.1 Å². The van der Waals surface area contributed by atoms with Crippen molar-refractivity contribution in [1.29, 1.82) is 0 Å². The summed E-state index contributed by atoms with van der Waals surface area (Å²) in [5, 5.41) is 3.98. The summed E-state index contributed by atoms with van der Waals surface area (Å²) in [6, 6.07) is 1.78. The highest BCUT2D eigenvalue weighted by molar-refractivity contribution is 7.09. The molecule has 0 saturated carbocycles. The highest BCUT2D eigenvalue weighted by Gasteiger charge is 2.23. The van der Waals surface area contributed by atoms with E-state index in [4.69, 9.17) is 4.74 Å². The van der Waals surface area contributed by atoms with Crippen LogP contribution in [-0.2, 0) is 11.2 Å². The summed E-state index contributed by atoms with van der Waals surface area (Å²) >= 11 is 1.42. The van der Waals surface area contributed by atoms with Crippen LogP contribution in [0.1, 0.15) is 29.2 Å². The Morgan fingerprint density at radius 3 is 3.00 bits per heavy atom. The average molecular weight is 348 g/mol. The van der Waals surface area contributed by atoms with Crippen LogP contribution in [0.4, 0.5) is 5.13 Å². The van der Waals surface area contributed by atoms with Gasteiger partial charge in [0.25, 0.3) is 5.91 Å². The second kappa shape index (κ2) is 8.11. The largest absolute Gasteiger partial charge is 0.384 e. The van der Waals surface area contributed by atoms with Gasteiger partial charge in [0.05, 0.1) is 6.61 Å². The maximum absolute atomic E-state index is 12.1. The van der Waals surface area contributed by atoms with Crippen molar-refractivity contribution in [2.75, 3.05) is 31.7 Å². The Labute approximate surface area is 144 Å². The van der Waals surface area contributed by atoms with E-state index in [-0.39, 0.29) is 11.9 Å². The molecule has 0 atom stereocenters. The number of amides is 1. The Hall–Kier alpha value is -2.13. The number of carbonyl (C=O) groups is 1. The number of nitrogens with zero attached hydrogens (tertiary/aromatic N) is 5. The lowest BCUT2D eigenvalue weighted by atomic mass is 10.1. The van der Waals surface area contributed by atoms with Crippen molar-refractivity contribution >= 4 is 22.6 Å². The Balaban J connectivity index is 1.49. The molecule has 0 radical (unpaired) electrons. The summed E-state index contributed by atoms with van der Waals surface area (Å²) in [6.45, 7) is 2.34. The Morgan fingerprint density at radius 1 is 1.46 bits per heavy atom.